The lowest BCUT2D eigenvalue weighted by atomic mass is 9.87. The molecule has 1 aromatic carbocycles. The lowest BCUT2D eigenvalue weighted by molar-refractivity contribution is -0.384. The van der Waals surface area contributed by atoms with Gasteiger partial charge in [-0.1, -0.05) is 6.07 Å². The molecule has 16 heavy (non-hydrogen) atoms. The Bertz CT molecular complexity index is 398. The third kappa shape index (κ3) is 2.22. The van der Waals surface area contributed by atoms with E-state index in [0.717, 1.165) is 37.1 Å². The molecule has 1 aromatic rings. The van der Waals surface area contributed by atoms with Crippen LogP contribution in [0, 0.1) is 17.0 Å². The molecule has 1 N–H and O–H groups in total. The number of hydrogen-bond donors (Lipinski definition) is 1. The monoisotopic (exact) mass is 220 g/mol. The van der Waals surface area contributed by atoms with Gasteiger partial charge in [-0.2, -0.15) is 0 Å². The van der Waals surface area contributed by atoms with E-state index < -0.39 is 0 Å². The quantitative estimate of drug-likeness (QED) is 0.615. The lowest BCUT2D eigenvalue weighted by Crippen LogP contribution is -2.27. The smallest absolute Gasteiger partial charge is 0.269 e. The number of benzene rings is 1. The van der Waals surface area contributed by atoms with E-state index in [-0.39, 0.29) is 10.6 Å². The van der Waals surface area contributed by atoms with Gasteiger partial charge in [-0.15, -0.1) is 0 Å². The van der Waals surface area contributed by atoms with E-state index in [4.69, 9.17) is 0 Å². The van der Waals surface area contributed by atoms with Gasteiger partial charge in [0.25, 0.3) is 5.69 Å². The van der Waals surface area contributed by atoms with Crippen LogP contribution in [-0.2, 0) is 0 Å². The van der Waals surface area contributed by atoms with E-state index in [0.29, 0.717) is 5.92 Å². The van der Waals surface area contributed by atoms with E-state index in [1.807, 2.05) is 13.0 Å². The van der Waals surface area contributed by atoms with Gasteiger partial charge in [-0.05, 0) is 49.9 Å². The number of hydrogen-bond acceptors (Lipinski definition) is 3. The fraction of sp³-hybridized carbons (Fsp3) is 0.500. The molecule has 0 saturated carbocycles. The normalized spacial score (nSPS) is 17.3. The molecule has 0 aromatic heterocycles. The molecule has 2 rings (SSSR count). The SMILES string of the molecule is Cc1ccc([N+](=O)[O-])cc1C1CCNCC1. The van der Waals surface area contributed by atoms with Crippen LogP contribution in [0.4, 0.5) is 5.69 Å². The summed E-state index contributed by atoms with van der Waals surface area (Å²) in [6, 6.07) is 5.18. The van der Waals surface area contributed by atoms with Crippen molar-refractivity contribution in [3.05, 3.63) is 39.4 Å². The van der Waals surface area contributed by atoms with E-state index in [9.17, 15) is 10.1 Å². The van der Waals surface area contributed by atoms with Crippen molar-refractivity contribution in [1.82, 2.24) is 5.32 Å². The highest BCUT2D eigenvalue weighted by molar-refractivity contribution is 5.41. The minimum absolute atomic E-state index is 0.208. The summed E-state index contributed by atoms with van der Waals surface area (Å²) in [4.78, 5) is 10.4. The van der Waals surface area contributed by atoms with Crippen molar-refractivity contribution in [2.45, 2.75) is 25.7 Å². The standard InChI is InChI=1S/C12H16N2O2/c1-9-2-3-11(14(15)16)8-12(9)10-4-6-13-7-5-10/h2-3,8,10,13H,4-7H2,1H3. The second-order valence-electron chi connectivity index (χ2n) is 4.32. The first-order valence-electron chi connectivity index (χ1n) is 5.64. The first-order valence-corrected chi connectivity index (χ1v) is 5.64. The highest BCUT2D eigenvalue weighted by Crippen LogP contribution is 2.30. The average molecular weight is 220 g/mol. The molecule has 0 atom stereocenters. The average Bonchev–Trinajstić information content (AvgIpc) is 2.30. The van der Waals surface area contributed by atoms with Gasteiger partial charge >= 0.3 is 0 Å². The number of piperidine rings is 1. The van der Waals surface area contributed by atoms with Crippen molar-refractivity contribution in [3.63, 3.8) is 0 Å². The molecular formula is C12H16N2O2. The predicted molar refractivity (Wildman–Crippen MR) is 62.7 cm³/mol. The van der Waals surface area contributed by atoms with Crippen LogP contribution in [0.1, 0.15) is 29.9 Å². The summed E-state index contributed by atoms with van der Waals surface area (Å²) < 4.78 is 0. The van der Waals surface area contributed by atoms with Crippen molar-refractivity contribution >= 4 is 5.69 Å². The molecule has 0 unspecified atom stereocenters. The number of non-ortho nitro benzene ring substituents is 1. The molecule has 4 heteroatoms. The summed E-state index contributed by atoms with van der Waals surface area (Å²) in [5, 5.41) is 14.0. The topological polar surface area (TPSA) is 55.2 Å². The molecule has 1 heterocycles. The first kappa shape index (κ1) is 11.1. The Morgan fingerprint density at radius 2 is 2.06 bits per heavy atom. The van der Waals surface area contributed by atoms with Crippen LogP contribution in [0.5, 0.6) is 0 Å². The third-order valence-corrected chi connectivity index (χ3v) is 3.25. The van der Waals surface area contributed by atoms with E-state index in [1.165, 1.54) is 0 Å². The van der Waals surface area contributed by atoms with E-state index in [2.05, 4.69) is 5.32 Å². The summed E-state index contributed by atoms with van der Waals surface area (Å²) in [6.45, 7) is 4.04. The van der Waals surface area contributed by atoms with Crippen LogP contribution < -0.4 is 5.32 Å². The number of nitrogens with zero attached hydrogens (tertiary/aromatic N) is 1. The Balaban J connectivity index is 2.30. The fourth-order valence-electron chi connectivity index (χ4n) is 2.31. The highest BCUT2D eigenvalue weighted by Gasteiger charge is 2.19. The van der Waals surface area contributed by atoms with Crippen molar-refractivity contribution in [3.8, 4) is 0 Å². The zero-order valence-electron chi connectivity index (χ0n) is 9.40. The van der Waals surface area contributed by atoms with Crippen molar-refractivity contribution < 1.29 is 4.92 Å². The van der Waals surface area contributed by atoms with Crippen molar-refractivity contribution in [2.24, 2.45) is 0 Å². The maximum Gasteiger partial charge on any atom is 0.269 e. The minimum Gasteiger partial charge on any atom is -0.317 e. The fourth-order valence-corrected chi connectivity index (χ4v) is 2.31. The Morgan fingerprint density at radius 3 is 2.69 bits per heavy atom. The number of aryl methyl sites for hydroxylation is 1. The molecule has 4 nitrogen and oxygen atoms in total. The van der Waals surface area contributed by atoms with Crippen LogP contribution in [0.25, 0.3) is 0 Å². The van der Waals surface area contributed by atoms with Crippen LogP contribution in [0.2, 0.25) is 0 Å². The van der Waals surface area contributed by atoms with Gasteiger partial charge in [0.1, 0.15) is 0 Å². The Kier molecular flexibility index (Phi) is 3.19. The summed E-state index contributed by atoms with van der Waals surface area (Å²) in [5.41, 5.74) is 2.52. The summed E-state index contributed by atoms with van der Waals surface area (Å²) in [6.07, 6.45) is 2.14. The molecule has 1 aliphatic heterocycles. The summed E-state index contributed by atoms with van der Waals surface area (Å²) in [7, 11) is 0. The van der Waals surface area contributed by atoms with Gasteiger partial charge in [0.15, 0.2) is 0 Å². The largest absolute Gasteiger partial charge is 0.317 e. The Morgan fingerprint density at radius 1 is 1.38 bits per heavy atom. The summed E-state index contributed by atoms with van der Waals surface area (Å²) >= 11 is 0. The predicted octanol–water partition coefficient (Wildman–Crippen LogP) is 2.37. The van der Waals surface area contributed by atoms with Gasteiger partial charge in [-0.3, -0.25) is 10.1 Å². The van der Waals surface area contributed by atoms with Crippen LogP contribution >= 0.6 is 0 Å². The number of rotatable bonds is 2. The molecule has 0 bridgehead atoms. The molecule has 0 spiro atoms. The Labute approximate surface area is 94.8 Å². The van der Waals surface area contributed by atoms with Gasteiger partial charge in [0.2, 0.25) is 0 Å². The van der Waals surface area contributed by atoms with Crippen LogP contribution in [-0.4, -0.2) is 18.0 Å². The lowest BCUT2D eigenvalue weighted by Gasteiger charge is -2.24. The van der Waals surface area contributed by atoms with Crippen molar-refractivity contribution in [2.75, 3.05) is 13.1 Å². The van der Waals surface area contributed by atoms with Crippen LogP contribution in [0.15, 0.2) is 18.2 Å². The number of nitro groups is 1. The van der Waals surface area contributed by atoms with Gasteiger partial charge in [0, 0.05) is 12.1 Å². The van der Waals surface area contributed by atoms with Gasteiger partial charge in [0.05, 0.1) is 4.92 Å². The van der Waals surface area contributed by atoms with E-state index >= 15 is 0 Å². The second kappa shape index (κ2) is 4.61. The summed E-state index contributed by atoms with van der Waals surface area (Å²) in [5.74, 6) is 0.473. The number of nitrogens with one attached hydrogen (secondary N) is 1. The maximum atomic E-state index is 10.7. The molecule has 0 radical (unpaired) electrons. The first-order chi connectivity index (χ1) is 7.68. The Hall–Kier alpha value is -1.42. The zero-order valence-corrected chi connectivity index (χ0v) is 9.40. The molecule has 86 valence electrons. The molecule has 1 aliphatic rings. The second-order valence-corrected chi connectivity index (χ2v) is 4.32. The third-order valence-electron chi connectivity index (χ3n) is 3.25. The zero-order chi connectivity index (χ0) is 11.5. The molecular weight excluding hydrogens is 204 g/mol. The molecule has 1 saturated heterocycles. The number of nitro benzene ring substituents is 1. The van der Waals surface area contributed by atoms with Gasteiger partial charge in [-0.25, -0.2) is 0 Å². The van der Waals surface area contributed by atoms with Crippen molar-refractivity contribution in [1.29, 1.82) is 0 Å². The van der Waals surface area contributed by atoms with E-state index in [1.54, 1.807) is 12.1 Å². The minimum atomic E-state index is -0.315. The molecule has 0 aliphatic carbocycles. The molecule has 1 fully saturated rings. The molecule has 0 amide bonds. The maximum absolute atomic E-state index is 10.7. The highest BCUT2D eigenvalue weighted by atomic mass is 16.6. The van der Waals surface area contributed by atoms with Crippen LogP contribution in [0.3, 0.4) is 0 Å². The van der Waals surface area contributed by atoms with Gasteiger partial charge < -0.3 is 5.32 Å².